The van der Waals surface area contributed by atoms with Gasteiger partial charge < -0.3 is 11.1 Å². The van der Waals surface area contributed by atoms with Crippen molar-refractivity contribution in [1.29, 1.82) is 0 Å². The number of hydrogen-bond donors (Lipinski definition) is 2. The predicted octanol–water partition coefficient (Wildman–Crippen LogP) is 3.30. The molecular formula is C13H18Cl2N2O. The van der Waals surface area contributed by atoms with Gasteiger partial charge in [0.15, 0.2) is 0 Å². The van der Waals surface area contributed by atoms with Crippen LogP contribution in [0.1, 0.15) is 38.3 Å². The lowest BCUT2D eigenvalue weighted by Crippen LogP contribution is -2.33. The van der Waals surface area contributed by atoms with Gasteiger partial charge in [-0.25, -0.2) is 0 Å². The van der Waals surface area contributed by atoms with Crippen LogP contribution in [0.5, 0.6) is 0 Å². The number of nitrogens with two attached hydrogens (primary N) is 1. The maximum absolute atomic E-state index is 10.9. The van der Waals surface area contributed by atoms with Crippen LogP contribution in [0.3, 0.4) is 0 Å². The van der Waals surface area contributed by atoms with Gasteiger partial charge in [-0.2, -0.15) is 0 Å². The highest BCUT2D eigenvalue weighted by atomic mass is 35.5. The van der Waals surface area contributed by atoms with Crippen molar-refractivity contribution in [1.82, 2.24) is 5.32 Å². The predicted molar refractivity (Wildman–Crippen MR) is 75.9 cm³/mol. The molecular weight excluding hydrogens is 271 g/mol. The second kappa shape index (κ2) is 6.98. The van der Waals surface area contributed by atoms with Crippen molar-refractivity contribution in [2.45, 2.75) is 38.8 Å². The highest BCUT2D eigenvalue weighted by Crippen LogP contribution is 2.27. The first-order valence-electron chi connectivity index (χ1n) is 5.93. The van der Waals surface area contributed by atoms with Gasteiger partial charge >= 0.3 is 0 Å². The third kappa shape index (κ3) is 4.48. The molecule has 0 aromatic heterocycles. The molecule has 0 radical (unpaired) electrons. The largest absolute Gasteiger partial charge is 0.370 e. The number of carbonyl (C=O) groups is 1. The number of amides is 1. The van der Waals surface area contributed by atoms with Gasteiger partial charge in [-0.3, -0.25) is 4.79 Å². The Labute approximate surface area is 118 Å². The molecule has 1 aromatic rings. The number of primary amides is 1. The summed E-state index contributed by atoms with van der Waals surface area (Å²) in [6.07, 6.45) is 1.21. The molecule has 0 aliphatic rings. The molecule has 1 aromatic carbocycles. The van der Waals surface area contributed by atoms with Crippen LogP contribution in [-0.4, -0.2) is 11.9 Å². The lowest BCUT2D eigenvalue weighted by atomic mass is 10.0. The van der Waals surface area contributed by atoms with E-state index in [1.807, 2.05) is 19.1 Å². The van der Waals surface area contributed by atoms with Crippen LogP contribution in [0.4, 0.5) is 0 Å². The third-order valence-electron chi connectivity index (χ3n) is 2.75. The Bertz CT molecular complexity index is 423. The molecule has 0 saturated heterocycles. The second-order valence-electron chi connectivity index (χ2n) is 4.37. The quantitative estimate of drug-likeness (QED) is 0.844. The molecule has 2 unspecified atom stereocenters. The molecule has 1 amide bonds. The molecule has 5 heteroatoms. The van der Waals surface area contributed by atoms with Crippen molar-refractivity contribution in [2.75, 3.05) is 0 Å². The molecule has 0 fully saturated rings. The summed E-state index contributed by atoms with van der Waals surface area (Å²) in [6, 6.07) is 5.73. The highest BCUT2D eigenvalue weighted by molar-refractivity contribution is 6.42. The van der Waals surface area contributed by atoms with Gasteiger partial charge in [0.1, 0.15) is 0 Å². The summed E-state index contributed by atoms with van der Waals surface area (Å²) in [5.74, 6) is -0.306. The fourth-order valence-electron chi connectivity index (χ4n) is 1.88. The maximum atomic E-state index is 10.9. The minimum Gasteiger partial charge on any atom is -0.370 e. The Kier molecular flexibility index (Phi) is 5.93. The monoisotopic (exact) mass is 288 g/mol. The fraction of sp³-hybridized carbons (Fsp3) is 0.462. The van der Waals surface area contributed by atoms with Crippen LogP contribution in [0, 0.1) is 0 Å². The van der Waals surface area contributed by atoms with E-state index in [0.29, 0.717) is 16.5 Å². The van der Waals surface area contributed by atoms with Crippen LogP contribution >= 0.6 is 23.2 Å². The third-order valence-corrected chi connectivity index (χ3v) is 3.49. The minimum atomic E-state index is -0.306. The number of benzene rings is 1. The van der Waals surface area contributed by atoms with Gasteiger partial charge in [0.05, 0.1) is 10.0 Å². The van der Waals surface area contributed by atoms with Gasteiger partial charge in [-0.1, -0.05) is 36.2 Å². The maximum Gasteiger partial charge on any atom is 0.218 e. The molecule has 0 aliphatic carbocycles. The van der Waals surface area contributed by atoms with Crippen LogP contribution < -0.4 is 11.1 Å². The zero-order chi connectivity index (χ0) is 13.7. The van der Waals surface area contributed by atoms with Crippen molar-refractivity contribution in [3.63, 3.8) is 0 Å². The van der Waals surface area contributed by atoms with E-state index in [1.165, 1.54) is 0 Å². The molecule has 2 atom stereocenters. The Balaban J connectivity index is 2.76. The van der Waals surface area contributed by atoms with Gasteiger partial charge in [-0.05, 0) is 31.0 Å². The Morgan fingerprint density at radius 2 is 2.06 bits per heavy atom. The molecule has 0 bridgehead atoms. The number of halogens is 2. The molecule has 18 heavy (non-hydrogen) atoms. The van der Waals surface area contributed by atoms with E-state index in [0.717, 1.165) is 12.0 Å². The lowest BCUT2D eigenvalue weighted by molar-refractivity contribution is -0.118. The summed E-state index contributed by atoms with van der Waals surface area (Å²) in [5.41, 5.74) is 6.23. The summed E-state index contributed by atoms with van der Waals surface area (Å²) >= 11 is 11.9. The average molecular weight is 289 g/mol. The van der Waals surface area contributed by atoms with Gasteiger partial charge in [0.2, 0.25) is 5.91 Å². The molecule has 0 spiro atoms. The van der Waals surface area contributed by atoms with Crippen molar-refractivity contribution < 1.29 is 4.79 Å². The number of hydrogen-bond acceptors (Lipinski definition) is 2. The number of carbonyl (C=O) groups excluding carboxylic acids is 1. The van der Waals surface area contributed by atoms with E-state index < -0.39 is 0 Å². The Morgan fingerprint density at radius 1 is 1.39 bits per heavy atom. The van der Waals surface area contributed by atoms with E-state index in [9.17, 15) is 4.79 Å². The standard InChI is InChI=1S/C13H18Cl2N2O/c1-3-12(17-8(2)6-13(16)18)9-4-5-10(14)11(15)7-9/h4-5,7-8,12,17H,3,6H2,1-2H3,(H2,16,18). The summed E-state index contributed by atoms with van der Waals surface area (Å²) in [7, 11) is 0. The van der Waals surface area contributed by atoms with Crippen LogP contribution in [0.25, 0.3) is 0 Å². The molecule has 3 nitrogen and oxygen atoms in total. The topological polar surface area (TPSA) is 55.1 Å². The lowest BCUT2D eigenvalue weighted by Gasteiger charge is -2.22. The van der Waals surface area contributed by atoms with Gasteiger partial charge in [-0.15, -0.1) is 0 Å². The van der Waals surface area contributed by atoms with E-state index >= 15 is 0 Å². The minimum absolute atomic E-state index is 0.0295. The Hall–Kier alpha value is -0.770. The van der Waals surface area contributed by atoms with Crippen molar-refractivity contribution in [3.8, 4) is 0 Å². The number of nitrogens with one attached hydrogen (secondary N) is 1. The zero-order valence-corrected chi connectivity index (χ0v) is 12.1. The van der Waals surface area contributed by atoms with Crippen LogP contribution in [0.2, 0.25) is 10.0 Å². The first-order chi connectivity index (χ1) is 8.43. The van der Waals surface area contributed by atoms with Gasteiger partial charge in [0.25, 0.3) is 0 Å². The summed E-state index contributed by atoms with van der Waals surface area (Å²) in [5, 5.41) is 4.44. The van der Waals surface area contributed by atoms with Gasteiger partial charge in [0, 0.05) is 18.5 Å². The summed E-state index contributed by atoms with van der Waals surface area (Å²) in [6.45, 7) is 4.00. The normalized spacial score (nSPS) is 14.2. The van der Waals surface area contributed by atoms with E-state index in [1.54, 1.807) is 6.07 Å². The first kappa shape index (κ1) is 15.3. The summed E-state index contributed by atoms with van der Waals surface area (Å²) < 4.78 is 0. The van der Waals surface area contributed by atoms with E-state index in [-0.39, 0.29) is 18.0 Å². The van der Waals surface area contributed by atoms with Crippen LogP contribution in [-0.2, 0) is 4.79 Å². The smallest absolute Gasteiger partial charge is 0.218 e. The fourth-order valence-corrected chi connectivity index (χ4v) is 2.19. The second-order valence-corrected chi connectivity index (χ2v) is 5.19. The van der Waals surface area contributed by atoms with Crippen molar-refractivity contribution >= 4 is 29.1 Å². The van der Waals surface area contributed by atoms with Crippen molar-refractivity contribution in [2.24, 2.45) is 5.73 Å². The average Bonchev–Trinajstić information content (AvgIpc) is 2.29. The Morgan fingerprint density at radius 3 is 2.56 bits per heavy atom. The molecule has 0 heterocycles. The van der Waals surface area contributed by atoms with E-state index in [4.69, 9.17) is 28.9 Å². The molecule has 1 rings (SSSR count). The molecule has 0 saturated carbocycles. The highest BCUT2D eigenvalue weighted by Gasteiger charge is 2.14. The first-order valence-corrected chi connectivity index (χ1v) is 6.69. The van der Waals surface area contributed by atoms with Crippen molar-refractivity contribution in [3.05, 3.63) is 33.8 Å². The molecule has 0 aliphatic heterocycles. The van der Waals surface area contributed by atoms with E-state index in [2.05, 4.69) is 12.2 Å². The molecule has 3 N–H and O–H groups in total. The summed E-state index contributed by atoms with van der Waals surface area (Å²) in [4.78, 5) is 10.9. The number of rotatable bonds is 6. The SMILES string of the molecule is CCC(NC(C)CC(N)=O)c1ccc(Cl)c(Cl)c1. The van der Waals surface area contributed by atoms with Crippen LogP contribution in [0.15, 0.2) is 18.2 Å². The zero-order valence-electron chi connectivity index (χ0n) is 10.5. The molecule has 100 valence electrons.